The molecule has 2 amide bonds. The van der Waals surface area contributed by atoms with Crippen LogP contribution < -0.4 is 16.0 Å². The summed E-state index contributed by atoms with van der Waals surface area (Å²) in [6.45, 7) is 1.77. The van der Waals surface area contributed by atoms with Crippen LogP contribution in [0.3, 0.4) is 0 Å². The molecular weight excluding hydrogens is 328 g/mol. The molecule has 124 valence electrons. The summed E-state index contributed by atoms with van der Waals surface area (Å²) in [5.41, 5.74) is 2.72. The summed E-state index contributed by atoms with van der Waals surface area (Å²) >= 11 is 5.77. The predicted molar refractivity (Wildman–Crippen MR) is 94.4 cm³/mol. The Bertz CT molecular complexity index is 777. The molecule has 0 aliphatic carbocycles. The first-order chi connectivity index (χ1) is 11.5. The molecule has 3 rings (SSSR count). The van der Waals surface area contributed by atoms with Crippen molar-refractivity contribution in [3.63, 3.8) is 0 Å². The summed E-state index contributed by atoms with van der Waals surface area (Å²) in [6.07, 6.45) is 2.66. The number of fused-ring (bicyclic) bond motifs is 1. The first-order valence-corrected chi connectivity index (χ1v) is 8.01. The van der Waals surface area contributed by atoms with Crippen LogP contribution in [0.1, 0.15) is 18.9 Å². The van der Waals surface area contributed by atoms with Crippen LogP contribution in [-0.4, -0.2) is 22.8 Å². The fourth-order valence-electron chi connectivity index (χ4n) is 2.47. The highest BCUT2D eigenvalue weighted by Crippen LogP contribution is 2.26. The lowest BCUT2D eigenvalue weighted by Crippen LogP contribution is -2.32. The maximum atomic E-state index is 12.2. The van der Waals surface area contributed by atoms with Crippen LogP contribution in [0.25, 0.3) is 0 Å². The Morgan fingerprint density at radius 3 is 2.88 bits per heavy atom. The Balaban J connectivity index is 1.63. The van der Waals surface area contributed by atoms with E-state index in [0.29, 0.717) is 23.7 Å². The van der Waals surface area contributed by atoms with Gasteiger partial charge in [-0.1, -0.05) is 11.6 Å². The molecule has 1 atom stereocenters. The van der Waals surface area contributed by atoms with Gasteiger partial charge in [0.25, 0.3) is 0 Å². The van der Waals surface area contributed by atoms with Gasteiger partial charge in [0.05, 0.1) is 5.02 Å². The first kappa shape index (κ1) is 16.3. The van der Waals surface area contributed by atoms with Crippen molar-refractivity contribution in [2.75, 3.05) is 16.0 Å². The van der Waals surface area contributed by atoms with Gasteiger partial charge in [-0.25, -0.2) is 4.98 Å². The number of carbonyl (C=O) groups is 2. The number of hydrogen-bond donors (Lipinski definition) is 3. The number of aromatic nitrogens is 1. The second kappa shape index (κ2) is 6.88. The van der Waals surface area contributed by atoms with Gasteiger partial charge in [0.1, 0.15) is 11.9 Å². The van der Waals surface area contributed by atoms with Gasteiger partial charge in [0, 0.05) is 24.0 Å². The highest BCUT2D eigenvalue weighted by atomic mass is 35.5. The van der Waals surface area contributed by atoms with Crippen molar-refractivity contribution in [3.8, 4) is 0 Å². The van der Waals surface area contributed by atoms with Gasteiger partial charge in [0.2, 0.25) is 11.8 Å². The molecule has 1 aliphatic heterocycles. The van der Waals surface area contributed by atoms with Crippen LogP contribution in [0.2, 0.25) is 5.02 Å². The van der Waals surface area contributed by atoms with Crippen LogP contribution in [0.4, 0.5) is 17.2 Å². The van der Waals surface area contributed by atoms with Gasteiger partial charge in [-0.15, -0.1) is 0 Å². The zero-order valence-electron chi connectivity index (χ0n) is 13.1. The molecule has 1 aromatic carbocycles. The average Bonchev–Trinajstić information content (AvgIpc) is 2.57. The lowest BCUT2D eigenvalue weighted by atomic mass is 10.0. The predicted octanol–water partition coefficient (Wildman–Crippen LogP) is 3.06. The number of pyridine rings is 1. The minimum absolute atomic E-state index is 0.0337. The number of amides is 2. The zero-order valence-corrected chi connectivity index (χ0v) is 13.9. The number of aryl methyl sites for hydroxylation is 1. The summed E-state index contributed by atoms with van der Waals surface area (Å²) in [6, 6.07) is 8.52. The third-order valence-corrected chi connectivity index (χ3v) is 3.98. The molecule has 2 heterocycles. The quantitative estimate of drug-likeness (QED) is 0.796. The fourth-order valence-corrected chi connectivity index (χ4v) is 2.58. The van der Waals surface area contributed by atoms with Crippen molar-refractivity contribution >= 4 is 40.6 Å². The van der Waals surface area contributed by atoms with E-state index in [0.717, 1.165) is 16.9 Å². The number of halogens is 1. The van der Waals surface area contributed by atoms with Gasteiger partial charge in [-0.3, -0.25) is 9.59 Å². The van der Waals surface area contributed by atoms with Crippen molar-refractivity contribution in [2.24, 2.45) is 0 Å². The van der Waals surface area contributed by atoms with Crippen molar-refractivity contribution in [3.05, 3.63) is 47.1 Å². The fraction of sp³-hybridized carbons (Fsp3) is 0.235. The second-order valence-electron chi connectivity index (χ2n) is 5.64. The SMILES string of the molecule is C[C@@H](Nc1ccc2c(c1)CCC(=O)N2)C(=O)Nc1ccc(Cl)cn1. The normalized spacial score (nSPS) is 14.3. The van der Waals surface area contributed by atoms with Gasteiger partial charge in [-0.2, -0.15) is 0 Å². The standard InChI is InChI=1S/C17H17ClN4O2/c1-10(17(24)22-15-6-3-12(18)9-19-15)20-13-4-5-14-11(8-13)2-7-16(23)21-14/h3-6,8-10,20H,2,7H2,1H3,(H,21,23)(H,19,22,24)/t10-/m1/s1. The van der Waals surface area contributed by atoms with Crippen LogP contribution in [0, 0.1) is 0 Å². The smallest absolute Gasteiger partial charge is 0.247 e. The Labute approximate surface area is 144 Å². The summed E-state index contributed by atoms with van der Waals surface area (Å²) < 4.78 is 0. The lowest BCUT2D eigenvalue weighted by molar-refractivity contribution is -0.117. The summed E-state index contributed by atoms with van der Waals surface area (Å²) in [5.74, 6) is 0.286. The average molecular weight is 345 g/mol. The molecule has 0 saturated carbocycles. The van der Waals surface area contributed by atoms with Gasteiger partial charge >= 0.3 is 0 Å². The molecule has 1 aliphatic rings. The molecule has 7 heteroatoms. The summed E-state index contributed by atoms with van der Waals surface area (Å²) in [5, 5.41) is 9.23. The second-order valence-corrected chi connectivity index (χ2v) is 6.07. The monoisotopic (exact) mass is 344 g/mol. The van der Waals surface area contributed by atoms with Gasteiger partial charge < -0.3 is 16.0 Å². The lowest BCUT2D eigenvalue weighted by Gasteiger charge is -2.20. The first-order valence-electron chi connectivity index (χ1n) is 7.63. The van der Waals surface area contributed by atoms with E-state index in [1.165, 1.54) is 6.20 Å². The molecule has 1 aromatic heterocycles. The maximum Gasteiger partial charge on any atom is 0.247 e. The third-order valence-electron chi connectivity index (χ3n) is 3.76. The molecule has 0 radical (unpaired) electrons. The Hall–Kier alpha value is -2.60. The van der Waals surface area contributed by atoms with Crippen LogP contribution >= 0.6 is 11.6 Å². The van der Waals surface area contributed by atoms with E-state index < -0.39 is 6.04 Å². The molecule has 6 nitrogen and oxygen atoms in total. The number of benzene rings is 1. The van der Waals surface area contributed by atoms with Crippen molar-refractivity contribution in [1.29, 1.82) is 0 Å². The number of rotatable bonds is 4. The minimum atomic E-state index is -0.446. The highest BCUT2D eigenvalue weighted by molar-refractivity contribution is 6.30. The molecule has 0 spiro atoms. The summed E-state index contributed by atoms with van der Waals surface area (Å²) in [4.78, 5) is 27.6. The topological polar surface area (TPSA) is 83.1 Å². The van der Waals surface area contributed by atoms with E-state index >= 15 is 0 Å². The van der Waals surface area contributed by atoms with Crippen molar-refractivity contribution in [2.45, 2.75) is 25.8 Å². The molecule has 24 heavy (non-hydrogen) atoms. The summed E-state index contributed by atoms with van der Waals surface area (Å²) in [7, 11) is 0. The Morgan fingerprint density at radius 2 is 2.12 bits per heavy atom. The number of carbonyl (C=O) groups excluding carboxylic acids is 2. The molecule has 0 bridgehead atoms. The number of nitrogens with zero attached hydrogens (tertiary/aromatic N) is 1. The number of nitrogens with one attached hydrogen (secondary N) is 3. The van der Waals surface area contributed by atoms with Crippen molar-refractivity contribution < 1.29 is 9.59 Å². The minimum Gasteiger partial charge on any atom is -0.374 e. The van der Waals surface area contributed by atoms with Crippen LogP contribution in [0.15, 0.2) is 36.5 Å². The van der Waals surface area contributed by atoms with E-state index in [1.807, 2.05) is 18.2 Å². The van der Waals surface area contributed by atoms with Gasteiger partial charge in [0.15, 0.2) is 0 Å². The van der Waals surface area contributed by atoms with Crippen LogP contribution in [0.5, 0.6) is 0 Å². The van der Waals surface area contributed by atoms with Gasteiger partial charge in [-0.05, 0) is 49.2 Å². The van der Waals surface area contributed by atoms with E-state index in [-0.39, 0.29) is 11.8 Å². The van der Waals surface area contributed by atoms with E-state index in [1.54, 1.807) is 19.1 Å². The number of hydrogen-bond acceptors (Lipinski definition) is 4. The van der Waals surface area contributed by atoms with E-state index in [4.69, 9.17) is 11.6 Å². The molecule has 0 saturated heterocycles. The third kappa shape index (κ3) is 3.83. The highest BCUT2D eigenvalue weighted by Gasteiger charge is 2.17. The molecule has 2 aromatic rings. The molecule has 0 fully saturated rings. The molecular formula is C17H17ClN4O2. The van der Waals surface area contributed by atoms with E-state index in [2.05, 4.69) is 20.9 Å². The zero-order chi connectivity index (χ0) is 17.1. The van der Waals surface area contributed by atoms with Crippen LogP contribution in [-0.2, 0) is 16.0 Å². The Kier molecular flexibility index (Phi) is 4.66. The van der Waals surface area contributed by atoms with E-state index in [9.17, 15) is 9.59 Å². The Morgan fingerprint density at radius 1 is 1.29 bits per heavy atom. The molecule has 3 N–H and O–H groups in total. The molecule has 0 unspecified atom stereocenters. The number of anilines is 3. The van der Waals surface area contributed by atoms with Crippen molar-refractivity contribution in [1.82, 2.24) is 4.98 Å². The maximum absolute atomic E-state index is 12.2. The largest absolute Gasteiger partial charge is 0.374 e.